The van der Waals surface area contributed by atoms with Gasteiger partial charge in [0.15, 0.2) is 0 Å². The first-order chi connectivity index (χ1) is 13.7. The van der Waals surface area contributed by atoms with E-state index in [1.54, 1.807) is 6.33 Å². The molecule has 1 aliphatic heterocycles. The second kappa shape index (κ2) is 8.74. The van der Waals surface area contributed by atoms with Gasteiger partial charge in [0.2, 0.25) is 0 Å². The predicted molar refractivity (Wildman–Crippen MR) is 115 cm³/mol. The lowest BCUT2D eigenvalue weighted by Gasteiger charge is -2.35. The van der Waals surface area contributed by atoms with Crippen LogP contribution in [0.5, 0.6) is 0 Å². The number of piperazine rings is 1. The number of rotatable bonds is 5. The summed E-state index contributed by atoms with van der Waals surface area (Å²) in [5, 5.41) is 4.32. The van der Waals surface area contributed by atoms with Crippen molar-refractivity contribution in [3.8, 4) is 0 Å². The van der Waals surface area contributed by atoms with E-state index < -0.39 is 0 Å². The molecule has 152 valence electrons. The zero-order valence-corrected chi connectivity index (χ0v) is 17.9. The molecule has 0 bridgehead atoms. The lowest BCUT2D eigenvalue weighted by atomic mass is 9.95. The van der Waals surface area contributed by atoms with E-state index in [4.69, 9.17) is 0 Å². The molecule has 1 amide bonds. The third-order valence-corrected chi connectivity index (χ3v) is 7.26. The van der Waals surface area contributed by atoms with E-state index in [0.717, 1.165) is 72.0 Å². The largest absolute Gasteiger partial charge is 0.353 e. The molecule has 28 heavy (non-hydrogen) atoms. The monoisotopic (exact) mass is 401 g/mol. The average Bonchev–Trinajstić information content (AvgIpc) is 3.07. The van der Waals surface area contributed by atoms with Crippen LogP contribution in [-0.2, 0) is 0 Å². The summed E-state index contributed by atoms with van der Waals surface area (Å²) in [4.78, 5) is 28.6. The topological polar surface area (TPSA) is 61.4 Å². The Balaban J connectivity index is 1.55. The van der Waals surface area contributed by atoms with Crippen molar-refractivity contribution in [2.45, 2.75) is 58.4 Å². The zero-order chi connectivity index (χ0) is 19.5. The predicted octanol–water partition coefficient (Wildman–Crippen LogP) is 3.59. The van der Waals surface area contributed by atoms with Crippen molar-refractivity contribution in [2.24, 2.45) is 0 Å². The normalized spacial score (nSPS) is 19.3. The number of nitrogens with zero attached hydrogens (tertiary/aromatic N) is 4. The smallest absolute Gasteiger partial charge is 0.261 e. The number of carbonyl (C=O) groups is 1. The summed E-state index contributed by atoms with van der Waals surface area (Å²) in [5.74, 6) is 1.05. The van der Waals surface area contributed by atoms with Crippen LogP contribution in [0.15, 0.2) is 6.33 Å². The Hall–Kier alpha value is -1.73. The molecule has 1 N–H and O–H groups in total. The molecule has 2 aliphatic rings. The number of aromatic nitrogens is 2. The molecule has 2 fully saturated rings. The lowest BCUT2D eigenvalue weighted by molar-refractivity contribution is 0.0931. The fourth-order valence-corrected chi connectivity index (χ4v) is 5.55. The lowest BCUT2D eigenvalue weighted by Crippen LogP contribution is -2.46. The van der Waals surface area contributed by atoms with E-state index in [0.29, 0.717) is 6.04 Å². The molecule has 1 saturated carbocycles. The molecule has 1 saturated heterocycles. The highest BCUT2D eigenvalue weighted by Crippen LogP contribution is 2.35. The molecule has 6 nitrogen and oxygen atoms in total. The van der Waals surface area contributed by atoms with Crippen molar-refractivity contribution in [3.05, 3.63) is 16.8 Å². The maximum atomic E-state index is 12.9. The second-order valence-corrected chi connectivity index (χ2v) is 9.07. The van der Waals surface area contributed by atoms with Gasteiger partial charge in [-0.05, 0) is 38.3 Å². The Labute approximate surface area is 171 Å². The van der Waals surface area contributed by atoms with Crippen LogP contribution in [0.3, 0.4) is 0 Å². The summed E-state index contributed by atoms with van der Waals surface area (Å²) >= 11 is 1.51. The van der Waals surface area contributed by atoms with Gasteiger partial charge in [-0.3, -0.25) is 9.69 Å². The van der Waals surface area contributed by atoms with E-state index in [2.05, 4.69) is 38.9 Å². The number of hydrogen-bond donors (Lipinski definition) is 1. The van der Waals surface area contributed by atoms with Crippen LogP contribution in [0.4, 0.5) is 5.82 Å². The fraction of sp³-hybridized carbons (Fsp3) is 0.667. The summed E-state index contributed by atoms with van der Waals surface area (Å²) in [5.41, 5.74) is 1.03. The minimum Gasteiger partial charge on any atom is -0.353 e. The van der Waals surface area contributed by atoms with Crippen LogP contribution < -0.4 is 10.2 Å². The van der Waals surface area contributed by atoms with Gasteiger partial charge >= 0.3 is 0 Å². The van der Waals surface area contributed by atoms with Gasteiger partial charge in [0.05, 0.1) is 10.3 Å². The SMILES string of the molecule is CCCN1CCN(c2ncnc3sc(C(=O)NC4CCCCC4)c(C)c23)CC1. The highest BCUT2D eigenvalue weighted by molar-refractivity contribution is 7.20. The Kier molecular flexibility index (Phi) is 6.11. The molecular formula is C21H31N5OS. The third-order valence-electron chi connectivity index (χ3n) is 6.07. The van der Waals surface area contributed by atoms with Crippen molar-refractivity contribution in [1.29, 1.82) is 0 Å². The number of nitrogens with one attached hydrogen (secondary N) is 1. The molecule has 2 aromatic rings. The van der Waals surface area contributed by atoms with Crippen LogP contribution in [0.1, 0.15) is 60.7 Å². The van der Waals surface area contributed by atoms with Gasteiger partial charge in [-0.1, -0.05) is 26.2 Å². The van der Waals surface area contributed by atoms with Gasteiger partial charge in [-0.2, -0.15) is 0 Å². The Morgan fingerprint density at radius 1 is 1.18 bits per heavy atom. The Morgan fingerprint density at radius 3 is 2.64 bits per heavy atom. The number of hydrogen-bond acceptors (Lipinski definition) is 6. The molecular weight excluding hydrogens is 370 g/mol. The maximum absolute atomic E-state index is 12.9. The number of carbonyl (C=O) groups excluding carboxylic acids is 1. The van der Waals surface area contributed by atoms with E-state index in [9.17, 15) is 4.79 Å². The summed E-state index contributed by atoms with van der Waals surface area (Å²) in [7, 11) is 0. The molecule has 2 aromatic heterocycles. The first-order valence-electron chi connectivity index (χ1n) is 10.7. The van der Waals surface area contributed by atoms with Gasteiger partial charge in [-0.15, -0.1) is 11.3 Å². The van der Waals surface area contributed by atoms with Gasteiger partial charge in [0.25, 0.3) is 5.91 Å². The number of aryl methyl sites for hydroxylation is 1. The van der Waals surface area contributed by atoms with Crippen LogP contribution in [0.2, 0.25) is 0 Å². The minimum atomic E-state index is 0.0612. The number of anilines is 1. The molecule has 0 aromatic carbocycles. The van der Waals surface area contributed by atoms with Crippen molar-refractivity contribution in [3.63, 3.8) is 0 Å². The number of thiophene rings is 1. The standard InChI is InChI=1S/C21H31N5OS/c1-3-9-25-10-12-26(13-11-25)19-17-15(2)18(28-21(17)23-14-22-19)20(27)24-16-7-5-4-6-8-16/h14,16H,3-13H2,1-2H3,(H,24,27). The van der Waals surface area contributed by atoms with E-state index in [1.165, 1.54) is 37.0 Å². The number of fused-ring (bicyclic) bond motifs is 1. The third kappa shape index (κ3) is 4.01. The molecule has 0 spiro atoms. The molecule has 0 unspecified atom stereocenters. The average molecular weight is 402 g/mol. The highest BCUT2D eigenvalue weighted by Gasteiger charge is 2.25. The van der Waals surface area contributed by atoms with Crippen LogP contribution in [-0.4, -0.2) is 59.5 Å². The summed E-state index contributed by atoms with van der Waals surface area (Å²) in [6.45, 7) is 9.53. The molecule has 3 heterocycles. The molecule has 0 atom stereocenters. The van der Waals surface area contributed by atoms with E-state index >= 15 is 0 Å². The maximum Gasteiger partial charge on any atom is 0.261 e. The van der Waals surface area contributed by atoms with Gasteiger partial charge in [-0.25, -0.2) is 9.97 Å². The fourth-order valence-electron chi connectivity index (χ4n) is 4.51. The van der Waals surface area contributed by atoms with Gasteiger partial charge in [0, 0.05) is 32.2 Å². The van der Waals surface area contributed by atoms with Crippen molar-refractivity contribution < 1.29 is 4.79 Å². The van der Waals surface area contributed by atoms with Crippen LogP contribution in [0, 0.1) is 6.92 Å². The second-order valence-electron chi connectivity index (χ2n) is 8.07. The Morgan fingerprint density at radius 2 is 1.93 bits per heavy atom. The van der Waals surface area contributed by atoms with Crippen molar-refractivity contribution in [2.75, 3.05) is 37.6 Å². The van der Waals surface area contributed by atoms with Gasteiger partial charge in [0.1, 0.15) is 17.0 Å². The molecule has 7 heteroatoms. The van der Waals surface area contributed by atoms with Crippen molar-refractivity contribution in [1.82, 2.24) is 20.2 Å². The first-order valence-corrected chi connectivity index (χ1v) is 11.5. The molecule has 1 aliphatic carbocycles. The first kappa shape index (κ1) is 19.6. The van der Waals surface area contributed by atoms with E-state index in [1.807, 2.05) is 0 Å². The molecule has 0 radical (unpaired) electrons. The number of amides is 1. The van der Waals surface area contributed by atoms with Gasteiger partial charge < -0.3 is 10.2 Å². The van der Waals surface area contributed by atoms with E-state index in [-0.39, 0.29) is 5.91 Å². The van der Waals surface area contributed by atoms with Crippen LogP contribution in [0.25, 0.3) is 10.2 Å². The highest BCUT2D eigenvalue weighted by atomic mass is 32.1. The Bertz CT molecular complexity index is 822. The summed E-state index contributed by atoms with van der Waals surface area (Å²) in [6.07, 6.45) is 8.77. The summed E-state index contributed by atoms with van der Waals surface area (Å²) in [6, 6.07) is 0.322. The minimum absolute atomic E-state index is 0.0612. The zero-order valence-electron chi connectivity index (χ0n) is 17.0. The molecule has 4 rings (SSSR count). The quantitative estimate of drug-likeness (QED) is 0.830. The van der Waals surface area contributed by atoms with Crippen molar-refractivity contribution >= 4 is 33.3 Å². The summed E-state index contributed by atoms with van der Waals surface area (Å²) < 4.78 is 0. The van der Waals surface area contributed by atoms with Crippen LogP contribution >= 0.6 is 11.3 Å².